The molecule has 0 aromatic rings. The van der Waals surface area contributed by atoms with Gasteiger partial charge in [0.1, 0.15) is 18.8 Å². The van der Waals surface area contributed by atoms with Crippen molar-refractivity contribution in [3.63, 3.8) is 0 Å². The molecule has 0 aromatic heterocycles. The SMILES string of the molecule is CC(=O)OC[C@H]1OC(OC(C)=O)[C@H](NC(=O)CCCBr)[C@@H](OC(C)=O)[C@@H]1OC(C)=O. The smallest absolute Gasteiger partial charge is 0.305 e. The van der Waals surface area contributed by atoms with Gasteiger partial charge in [0.2, 0.25) is 12.2 Å². The number of alkyl halides is 1. The van der Waals surface area contributed by atoms with E-state index < -0.39 is 60.4 Å². The van der Waals surface area contributed by atoms with Crippen LogP contribution in [0.25, 0.3) is 0 Å². The number of carbonyl (C=O) groups excluding carboxylic acids is 5. The van der Waals surface area contributed by atoms with E-state index >= 15 is 0 Å². The van der Waals surface area contributed by atoms with Gasteiger partial charge in [0.05, 0.1) is 0 Å². The highest BCUT2D eigenvalue weighted by atomic mass is 79.9. The van der Waals surface area contributed by atoms with Crippen LogP contribution < -0.4 is 5.32 Å². The van der Waals surface area contributed by atoms with Crippen molar-refractivity contribution in [2.45, 2.75) is 71.2 Å². The van der Waals surface area contributed by atoms with Gasteiger partial charge < -0.3 is 29.0 Å². The van der Waals surface area contributed by atoms with Crippen molar-refractivity contribution in [1.82, 2.24) is 5.32 Å². The number of hydrogen-bond acceptors (Lipinski definition) is 10. The molecule has 0 aliphatic carbocycles. The van der Waals surface area contributed by atoms with Crippen LogP contribution >= 0.6 is 15.9 Å². The number of nitrogens with one attached hydrogen (secondary N) is 1. The Morgan fingerprint density at radius 1 is 0.867 bits per heavy atom. The van der Waals surface area contributed by atoms with Gasteiger partial charge >= 0.3 is 23.9 Å². The number of esters is 4. The average Bonchev–Trinajstić information content (AvgIpc) is 2.62. The third-order valence-electron chi connectivity index (χ3n) is 3.85. The minimum Gasteiger partial charge on any atom is -0.463 e. The summed E-state index contributed by atoms with van der Waals surface area (Å²) in [7, 11) is 0. The van der Waals surface area contributed by atoms with Crippen molar-refractivity contribution >= 4 is 45.7 Å². The van der Waals surface area contributed by atoms with Crippen LogP contribution in [-0.2, 0) is 47.7 Å². The lowest BCUT2D eigenvalue weighted by molar-refractivity contribution is -0.271. The Morgan fingerprint density at radius 3 is 1.93 bits per heavy atom. The fourth-order valence-corrected chi connectivity index (χ4v) is 3.09. The molecule has 0 saturated carbocycles. The van der Waals surface area contributed by atoms with Gasteiger partial charge in [0, 0.05) is 39.4 Å². The Balaban J connectivity index is 3.28. The average molecular weight is 496 g/mol. The van der Waals surface area contributed by atoms with Crippen LogP contribution in [0.5, 0.6) is 0 Å². The van der Waals surface area contributed by atoms with Crippen molar-refractivity contribution in [1.29, 1.82) is 0 Å². The number of amides is 1. The van der Waals surface area contributed by atoms with Gasteiger partial charge in [-0.1, -0.05) is 15.9 Å². The van der Waals surface area contributed by atoms with E-state index in [0.29, 0.717) is 11.8 Å². The van der Waals surface area contributed by atoms with E-state index in [1.54, 1.807) is 0 Å². The predicted octanol–water partition coefficient (Wildman–Crippen LogP) is 0.361. The largest absolute Gasteiger partial charge is 0.463 e. The van der Waals surface area contributed by atoms with Crippen LogP contribution in [0.3, 0.4) is 0 Å². The van der Waals surface area contributed by atoms with Gasteiger partial charge in [-0.3, -0.25) is 24.0 Å². The molecule has 30 heavy (non-hydrogen) atoms. The lowest BCUT2D eigenvalue weighted by Crippen LogP contribution is -2.67. The zero-order chi connectivity index (χ0) is 22.8. The summed E-state index contributed by atoms with van der Waals surface area (Å²) in [5, 5.41) is 3.20. The van der Waals surface area contributed by atoms with E-state index in [2.05, 4.69) is 21.2 Å². The van der Waals surface area contributed by atoms with Crippen molar-refractivity contribution < 1.29 is 47.7 Å². The fourth-order valence-electron chi connectivity index (χ4n) is 2.81. The van der Waals surface area contributed by atoms with E-state index in [9.17, 15) is 24.0 Å². The summed E-state index contributed by atoms with van der Waals surface area (Å²) >= 11 is 3.22. The molecule has 11 nitrogen and oxygen atoms in total. The molecule has 1 saturated heterocycles. The Bertz CT molecular complexity index is 655. The molecule has 1 unspecified atom stereocenters. The maximum Gasteiger partial charge on any atom is 0.305 e. The first kappa shape index (κ1) is 25.8. The molecule has 5 atom stereocenters. The van der Waals surface area contributed by atoms with Crippen LogP contribution in [0.15, 0.2) is 0 Å². The van der Waals surface area contributed by atoms with E-state index in [0.717, 1.165) is 20.8 Å². The number of rotatable bonds is 9. The van der Waals surface area contributed by atoms with Crippen molar-refractivity contribution in [3.8, 4) is 0 Å². The summed E-state index contributed by atoms with van der Waals surface area (Å²) in [6.45, 7) is 4.20. The van der Waals surface area contributed by atoms with Gasteiger partial charge in [-0.2, -0.15) is 0 Å². The second-order valence-electron chi connectivity index (χ2n) is 6.49. The predicted molar refractivity (Wildman–Crippen MR) is 103 cm³/mol. The molecule has 1 fully saturated rings. The maximum atomic E-state index is 12.3. The van der Waals surface area contributed by atoms with Gasteiger partial charge in [-0.25, -0.2) is 0 Å². The normalized spacial score (nSPS) is 25.6. The molecule has 0 bridgehead atoms. The van der Waals surface area contributed by atoms with Gasteiger partial charge in [0.15, 0.2) is 12.2 Å². The molecule has 1 N–H and O–H groups in total. The molecular formula is C18H26BrNO10. The number of carbonyl (C=O) groups is 5. The molecule has 1 aliphatic rings. The first-order valence-electron chi connectivity index (χ1n) is 9.21. The lowest BCUT2D eigenvalue weighted by atomic mass is 9.96. The van der Waals surface area contributed by atoms with Crippen LogP contribution in [0.1, 0.15) is 40.5 Å². The topological polar surface area (TPSA) is 144 Å². The van der Waals surface area contributed by atoms with Crippen molar-refractivity contribution in [2.75, 3.05) is 11.9 Å². The summed E-state index contributed by atoms with van der Waals surface area (Å²) in [5.74, 6) is -3.22. The maximum absolute atomic E-state index is 12.3. The second kappa shape index (κ2) is 12.5. The molecule has 0 spiro atoms. The van der Waals surface area contributed by atoms with Gasteiger partial charge in [-0.05, 0) is 6.42 Å². The number of halogens is 1. The molecular weight excluding hydrogens is 470 g/mol. The monoisotopic (exact) mass is 495 g/mol. The quantitative estimate of drug-likeness (QED) is 0.270. The van der Waals surface area contributed by atoms with Crippen molar-refractivity contribution in [2.24, 2.45) is 0 Å². The highest BCUT2D eigenvalue weighted by molar-refractivity contribution is 9.09. The third kappa shape index (κ3) is 8.66. The minimum atomic E-state index is -1.38. The van der Waals surface area contributed by atoms with E-state index in [1.807, 2.05) is 0 Å². The summed E-state index contributed by atoms with van der Waals surface area (Å²) in [5.41, 5.74) is 0. The molecule has 170 valence electrons. The molecule has 0 radical (unpaired) electrons. The molecule has 1 amide bonds. The summed E-state index contributed by atoms with van der Waals surface area (Å²) < 4.78 is 26.4. The summed E-state index contributed by atoms with van der Waals surface area (Å²) in [4.78, 5) is 58.5. The van der Waals surface area contributed by atoms with Crippen molar-refractivity contribution in [3.05, 3.63) is 0 Å². The van der Waals surface area contributed by atoms with Crippen LogP contribution in [0, 0.1) is 0 Å². The van der Waals surface area contributed by atoms with Crippen LogP contribution in [0.2, 0.25) is 0 Å². The lowest BCUT2D eigenvalue weighted by Gasteiger charge is -2.44. The highest BCUT2D eigenvalue weighted by Gasteiger charge is 2.52. The Kier molecular flexibility index (Phi) is 10.7. The summed E-state index contributed by atoms with van der Waals surface area (Å²) in [6.07, 6.45) is -4.35. The standard InChI is InChI=1S/C18H26BrNO10/c1-9(21)26-8-13-16(27-10(2)22)17(28-11(3)23)15(18(30-13)29-12(4)24)20-14(25)6-5-7-19/h13,15-18H,5-8H2,1-4H3,(H,20,25)/t13-,15-,16-,17-,18?/m1/s1. The van der Waals surface area contributed by atoms with E-state index in [4.69, 9.17) is 23.7 Å². The first-order valence-corrected chi connectivity index (χ1v) is 10.3. The van der Waals surface area contributed by atoms with E-state index in [1.165, 1.54) is 6.92 Å². The molecule has 0 aromatic carbocycles. The van der Waals surface area contributed by atoms with Gasteiger partial charge in [0.25, 0.3) is 0 Å². The fraction of sp³-hybridized carbons (Fsp3) is 0.722. The molecule has 1 rings (SSSR count). The molecule has 1 heterocycles. The van der Waals surface area contributed by atoms with E-state index in [-0.39, 0.29) is 13.0 Å². The molecule has 12 heteroatoms. The number of hydrogen-bond donors (Lipinski definition) is 1. The second-order valence-corrected chi connectivity index (χ2v) is 7.28. The summed E-state index contributed by atoms with van der Waals surface area (Å²) in [6, 6.07) is -1.17. The van der Waals surface area contributed by atoms with Crippen LogP contribution in [-0.4, -0.2) is 72.4 Å². The Morgan fingerprint density at radius 2 is 1.43 bits per heavy atom. The first-order chi connectivity index (χ1) is 14.0. The van der Waals surface area contributed by atoms with Crippen LogP contribution in [0.4, 0.5) is 0 Å². The third-order valence-corrected chi connectivity index (χ3v) is 4.41. The molecule has 1 aliphatic heterocycles. The minimum absolute atomic E-state index is 0.135. The zero-order valence-corrected chi connectivity index (χ0v) is 18.8. The zero-order valence-electron chi connectivity index (χ0n) is 17.2. The van der Waals surface area contributed by atoms with Gasteiger partial charge in [-0.15, -0.1) is 0 Å². The highest BCUT2D eigenvalue weighted by Crippen LogP contribution is 2.28. The Hall–Kier alpha value is -2.21. The Labute approximate surface area is 182 Å². The number of ether oxygens (including phenoxy) is 5.